The highest BCUT2D eigenvalue weighted by atomic mass is 16.6. The number of amides is 1. The van der Waals surface area contributed by atoms with Gasteiger partial charge in [-0.05, 0) is 36.1 Å². The molecular formula is C23H24N2O2. The minimum atomic E-state index is -0.187. The first kappa shape index (κ1) is 15.7. The summed E-state index contributed by atoms with van der Waals surface area (Å²) in [4.78, 5) is 17.8. The normalized spacial score (nSPS) is 35.5. The molecule has 1 amide bonds. The van der Waals surface area contributed by atoms with Crippen molar-refractivity contribution in [1.82, 2.24) is 9.80 Å². The molecule has 7 rings (SSSR count). The molecule has 4 unspecified atom stereocenters. The van der Waals surface area contributed by atoms with Crippen molar-refractivity contribution >= 4 is 6.09 Å². The predicted molar refractivity (Wildman–Crippen MR) is 102 cm³/mol. The molecule has 2 aromatic rings. The average molecular weight is 360 g/mol. The number of nitrogens with zero attached hydrogens (tertiary/aromatic N) is 2. The van der Waals surface area contributed by atoms with Crippen LogP contribution in [0, 0.1) is 11.8 Å². The van der Waals surface area contributed by atoms with Crippen molar-refractivity contribution in [1.29, 1.82) is 0 Å². The lowest BCUT2D eigenvalue weighted by Gasteiger charge is -2.38. The van der Waals surface area contributed by atoms with Crippen LogP contribution in [0.5, 0.6) is 0 Å². The molecule has 4 aliphatic heterocycles. The number of benzene rings is 2. The quantitative estimate of drug-likeness (QED) is 0.822. The Morgan fingerprint density at radius 2 is 1.81 bits per heavy atom. The summed E-state index contributed by atoms with van der Waals surface area (Å²) in [5, 5.41) is 0. The molecule has 4 heterocycles. The lowest BCUT2D eigenvalue weighted by molar-refractivity contribution is 0.0155. The molecule has 4 bridgehead atoms. The third-order valence-corrected chi connectivity index (χ3v) is 7.22. The molecule has 27 heavy (non-hydrogen) atoms. The number of hydrogen-bond acceptors (Lipinski definition) is 3. The Kier molecular flexibility index (Phi) is 3.25. The van der Waals surface area contributed by atoms with E-state index in [4.69, 9.17) is 4.74 Å². The Labute approximate surface area is 159 Å². The molecule has 0 N–H and O–H groups in total. The van der Waals surface area contributed by atoms with Gasteiger partial charge in [-0.15, -0.1) is 0 Å². The van der Waals surface area contributed by atoms with E-state index >= 15 is 0 Å². The van der Waals surface area contributed by atoms with Gasteiger partial charge in [0.2, 0.25) is 0 Å². The Morgan fingerprint density at radius 3 is 2.56 bits per heavy atom. The topological polar surface area (TPSA) is 32.8 Å². The van der Waals surface area contributed by atoms with Gasteiger partial charge in [0.25, 0.3) is 0 Å². The van der Waals surface area contributed by atoms with Crippen molar-refractivity contribution in [3.05, 3.63) is 71.3 Å². The van der Waals surface area contributed by atoms with E-state index in [-0.39, 0.29) is 17.7 Å². The first-order valence-corrected chi connectivity index (χ1v) is 10.1. The Morgan fingerprint density at radius 1 is 1.00 bits per heavy atom. The third kappa shape index (κ3) is 2.23. The smallest absolute Gasteiger partial charge is 0.411 e. The van der Waals surface area contributed by atoms with Gasteiger partial charge in [-0.3, -0.25) is 9.80 Å². The maximum absolute atomic E-state index is 13.3. The fraction of sp³-hybridized carbons (Fsp3) is 0.435. The minimum absolute atomic E-state index is 0.0591. The van der Waals surface area contributed by atoms with E-state index in [1.165, 1.54) is 24.1 Å². The Balaban J connectivity index is 1.33. The Bertz CT molecular complexity index is 892. The summed E-state index contributed by atoms with van der Waals surface area (Å²) in [6.07, 6.45) is 1.94. The molecule has 0 radical (unpaired) electrons. The van der Waals surface area contributed by atoms with Crippen LogP contribution < -0.4 is 0 Å². The second kappa shape index (κ2) is 5.59. The third-order valence-electron chi connectivity index (χ3n) is 7.22. The van der Waals surface area contributed by atoms with E-state index in [0.717, 1.165) is 25.1 Å². The second-order valence-corrected chi connectivity index (χ2v) is 8.52. The van der Waals surface area contributed by atoms with E-state index in [1.807, 2.05) is 11.0 Å². The van der Waals surface area contributed by atoms with Crippen LogP contribution in [0.4, 0.5) is 4.79 Å². The lowest BCUT2D eigenvalue weighted by atomic mass is 9.88. The number of rotatable bonds is 2. The zero-order chi connectivity index (χ0) is 18.0. The van der Waals surface area contributed by atoms with Crippen molar-refractivity contribution in [2.75, 3.05) is 26.2 Å². The minimum Gasteiger partial charge on any atom is -0.441 e. The van der Waals surface area contributed by atoms with Gasteiger partial charge in [0.05, 0.1) is 6.04 Å². The second-order valence-electron chi connectivity index (χ2n) is 8.52. The molecular weight excluding hydrogens is 336 g/mol. The largest absolute Gasteiger partial charge is 0.441 e. The van der Waals surface area contributed by atoms with Crippen LogP contribution in [0.15, 0.2) is 54.6 Å². The standard InChI is InChI=1S/C23H24N2O2/c26-22(27-23-15-24-12-11-19(23)20(23)14-24)25-13-10-16-6-4-5-9-18(16)21(25)17-7-2-1-3-8-17/h1-9,19-21H,10-15H2/t19?,20?,21?,23-/m1/s1. The zero-order valence-corrected chi connectivity index (χ0v) is 15.4. The van der Waals surface area contributed by atoms with Gasteiger partial charge in [-0.25, -0.2) is 4.79 Å². The van der Waals surface area contributed by atoms with E-state index in [9.17, 15) is 4.79 Å². The van der Waals surface area contributed by atoms with Gasteiger partial charge in [0.15, 0.2) is 0 Å². The lowest BCUT2D eigenvalue weighted by Crippen LogP contribution is -2.45. The number of carbonyl (C=O) groups is 1. The van der Waals surface area contributed by atoms with Gasteiger partial charge in [-0.1, -0.05) is 54.6 Å². The SMILES string of the molecule is O=C(O[C@]12CN3CCC1C2C3)N1CCc2ccccc2C1c1ccccc1. The maximum Gasteiger partial charge on any atom is 0.411 e. The van der Waals surface area contributed by atoms with Crippen LogP contribution in [-0.4, -0.2) is 47.7 Å². The molecule has 0 spiro atoms. The van der Waals surface area contributed by atoms with Crippen molar-refractivity contribution in [2.24, 2.45) is 11.8 Å². The molecule has 138 valence electrons. The van der Waals surface area contributed by atoms with Gasteiger partial charge < -0.3 is 4.74 Å². The molecule has 2 aromatic carbocycles. The molecule has 1 saturated carbocycles. The van der Waals surface area contributed by atoms with Crippen molar-refractivity contribution in [2.45, 2.75) is 24.5 Å². The number of piperidine rings is 3. The molecule has 5 aliphatic rings. The van der Waals surface area contributed by atoms with E-state index in [1.54, 1.807) is 0 Å². The van der Waals surface area contributed by atoms with Crippen LogP contribution >= 0.6 is 0 Å². The summed E-state index contributed by atoms with van der Waals surface area (Å²) < 4.78 is 6.26. The van der Waals surface area contributed by atoms with Crippen molar-refractivity contribution in [3.63, 3.8) is 0 Å². The fourth-order valence-corrected chi connectivity index (χ4v) is 5.88. The number of carbonyl (C=O) groups excluding carboxylic acids is 1. The van der Waals surface area contributed by atoms with Gasteiger partial charge in [0, 0.05) is 31.5 Å². The monoisotopic (exact) mass is 360 g/mol. The van der Waals surface area contributed by atoms with Crippen LogP contribution in [0.2, 0.25) is 0 Å². The van der Waals surface area contributed by atoms with Gasteiger partial charge in [-0.2, -0.15) is 0 Å². The van der Waals surface area contributed by atoms with Crippen molar-refractivity contribution in [3.8, 4) is 0 Å². The van der Waals surface area contributed by atoms with E-state index in [2.05, 4.69) is 53.4 Å². The van der Waals surface area contributed by atoms with Crippen LogP contribution in [0.1, 0.15) is 29.2 Å². The first-order valence-electron chi connectivity index (χ1n) is 10.1. The summed E-state index contributed by atoms with van der Waals surface area (Å²) in [5.74, 6) is 1.17. The fourth-order valence-electron chi connectivity index (χ4n) is 5.88. The number of fused-ring (bicyclic) bond motifs is 2. The zero-order valence-electron chi connectivity index (χ0n) is 15.4. The molecule has 1 aliphatic carbocycles. The Hall–Kier alpha value is -2.33. The number of ether oxygens (including phenoxy) is 1. The summed E-state index contributed by atoms with van der Waals surface area (Å²) in [5.41, 5.74) is 3.54. The first-order chi connectivity index (χ1) is 13.3. The highest BCUT2D eigenvalue weighted by molar-refractivity contribution is 5.71. The van der Waals surface area contributed by atoms with E-state index < -0.39 is 0 Å². The molecule has 4 heteroatoms. The van der Waals surface area contributed by atoms with Crippen LogP contribution in [-0.2, 0) is 11.2 Å². The van der Waals surface area contributed by atoms with Crippen LogP contribution in [0.25, 0.3) is 0 Å². The molecule has 4 fully saturated rings. The van der Waals surface area contributed by atoms with Crippen LogP contribution in [0.3, 0.4) is 0 Å². The summed E-state index contributed by atoms with van der Waals surface area (Å²) in [6.45, 7) is 3.94. The number of hydrogen-bond donors (Lipinski definition) is 0. The summed E-state index contributed by atoms with van der Waals surface area (Å²) in [6, 6.07) is 18.8. The molecule has 0 aromatic heterocycles. The molecule has 3 saturated heterocycles. The average Bonchev–Trinajstić information content (AvgIpc) is 3.21. The van der Waals surface area contributed by atoms with Crippen molar-refractivity contribution < 1.29 is 9.53 Å². The summed E-state index contributed by atoms with van der Waals surface area (Å²) in [7, 11) is 0. The van der Waals surface area contributed by atoms with Gasteiger partial charge >= 0.3 is 6.09 Å². The molecule has 5 atom stereocenters. The van der Waals surface area contributed by atoms with Gasteiger partial charge in [0.1, 0.15) is 5.60 Å². The molecule has 4 nitrogen and oxygen atoms in total. The maximum atomic E-state index is 13.3. The predicted octanol–water partition coefficient (Wildman–Crippen LogP) is 3.47. The highest BCUT2D eigenvalue weighted by Crippen LogP contribution is 2.63. The summed E-state index contributed by atoms with van der Waals surface area (Å²) >= 11 is 0. The highest BCUT2D eigenvalue weighted by Gasteiger charge is 2.74. The van der Waals surface area contributed by atoms with E-state index in [0.29, 0.717) is 18.4 Å².